The van der Waals surface area contributed by atoms with Crippen LogP contribution in [0, 0.1) is 5.92 Å². The predicted molar refractivity (Wildman–Crippen MR) is 77.4 cm³/mol. The largest absolute Gasteiger partial charge is 0.381 e. The van der Waals surface area contributed by atoms with Gasteiger partial charge in [-0.2, -0.15) is 5.10 Å². The lowest BCUT2D eigenvalue weighted by atomic mass is 10.1. The van der Waals surface area contributed by atoms with Gasteiger partial charge in [-0.15, -0.1) is 0 Å². The van der Waals surface area contributed by atoms with E-state index in [1.54, 1.807) is 6.20 Å². The van der Waals surface area contributed by atoms with E-state index in [1.807, 2.05) is 21.8 Å². The standard InChI is InChI=1S/C15H25N3O2/c1-13(2)12-20-10-6-15(19)17-8-3-5-14(11-17)18-9-4-7-16-18/h4,7,9,13-14H,3,5-6,8,10-12H2,1-2H3/t14-/m1/s1. The van der Waals surface area contributed by atoms with Crippen LogP contribution in [0.25, 0.3) is 0 Å². The van der Waals surface area contributed by atoms with Crippen LogP contribution in [0.4, 0.5) is 0 Å². The molecule has 0 aliphatic carbocycles. The van der Waals surface area contributed by atoms with E-state index >= 15 is 0 Å². The maximum absolute atomic E-state index is 12.2. The van der Waals surface area contributed by atoms with E-state index in [-0.39, 0.29) is 5.91 Å². The molecule has 1 fully saturated rings. The van der Waals surface area contributed by atoms with Crippen LogP contribution in [0.2, 0.25) is 0 Å². The topological polar surface area (TPSA) is 47.4 Å². The molecule has 2 heterocycles. The summed E-state index contributed by atoms with van der Waals surface area (Å²) in [6.07, 6.45) is 6.39. The van der Waals surface area contributed by atoms with Crippen molar-refractivity contribution in [2.24, 2.45) is 5.92 Å². The quantitative estimate of drug-likeness (QED) is 0.749. The van der Waals surface area contributed by atoms with E-state index in [0.717, 1.165) is 32.5 Å². The lowest BCUT2D eigenvalue weighted by Crippen LogP contribution is -2.41. The SMILES string of the molecule is CC(C)COCCC(=O)N1CCC[C@@H](n2cccn2)C1. The molecule has 0 bridgehead atoms. The molecule has 20 heavy (non-hydrogen) atoms. The van der Waals surface area contributed by atoms with E-state index < -0.39 is 0 Å². The highest BCUT2D eigenvalue weighted by Gasteiger charge is 2.24. The molecular weight excluding hydrogens is 254 g/mol. The van der Waals surface area contributed by atoms with E-state index in [2.05, 4.69) is 18.9 Å². The summed E-state index contributed by atoms with van der Waals surface area (Å²) >= 11 is 0. The van der Waals surface area contributed by atoms with Gasteiger partial charge in [0.25, 0.3) is 0 Å². The maximum atomic E-state index is 12.2. The van der Waals surface area contributed by atoms with Crippen LogP contribution in [0.5, 0.6) is 0 Å². The first-order chi connectivity index (χ1) is 9.66. The summed E-state index contributed by atoms with van der Waals surface area (Å²) in [4.78, 5) is 14.1. The van der Waals surface area contributed by atoms with Crippen LogP contribution in [0.1, 0.15) is 39.2 Å². The molecular formula is C15H25N3O2. The van der Waals surface area contributed by atoms with Crippen LogP contribution < -0.4 is 0 Å². The summed E-state index contributed by atoms with van der Waals surface area (Å²) in [6, 6.07) is 2.25. The van der Waals surface area contributed by atoms with Gasteiger partial charge < -0.3 is 9.64 Å². The molecule has 0 unspecified atom stereocenters. The molecule has 5 nitrogen and oxygen atoms in total. The van der Waals surface area contributed by atoms with Crippen molar-refractivity contribution in [3.8, 4) is 0 Å². The second kappa shape index (κ2) is 7.43. The zero-order valence-corrected chi connectivity index (χ0v) is 12.5. The highest BCUT2D eigenvalue weighted by Crippen LogP contribution is 2.21. The highest BCUT2D eigenvalue weighted by molar-refractivity contribution is 5.76. The molecule has 1 aromatic rings. The van der Waals surface area contributed by atoms with E-state index in [4.69, 9.17) is 4.74 Å². The van der Waals surface area contributed by atoms with Crippen LogP contribution in [-0.4, -0.2) is 46.9 Å². The van der Waals surface area contributed by atoms with Crippen molar-refractivity contribution in [2.45, 2.75) is 39.2 Å². The van der Waals surface area contributed by atoms with E-state index in [0.29, 0.717) is 25.0 Å². The number of carbonyl (C=O) groups excluding carboxylic acids is 1. The lowest BCUT2D eigenvalue weighted by molar-refractivity contribution is -0.134. The fourth-order valence-electron chi connectivity index (χ4n) is 2.53. The summed E-state index contributed by atoms with van der Waals surface area (Å²) in [6.45, 7) is 7.11. The third-order valence-corrected chi connectivity index (χ3v) is 3.56. The number of rotatable bonds is 6. The number of nitrogens with zero attached hydrogens (tertiary/aromatic N) is 3. The Morgan fingerprint density at radius 3 is 3.05 bits per heavy atom. The smallest absolute Gasteiger partial charge is 0.224 e. The first-order valence-electron chi connectivity index (χ1n) is 7.51. The Hall–Kier alpha value is -1.36. The van der Waals surface area contributed by atoms with Crippen molar-refractivity contribution in [2.75, 3.05) is 26.3 Å². The summed E-state index contributed by atoms with van der Waals surface area (Å²) < 4.78 is 7.46. The molecule has 0 saturated carbocycles. The minimum atomic E-state index is 0.200. The number of hydrogen-bond donors (Lipinski definition) is 0. The third kappa shape index (κ3) is 4.34. The molecule has 1 aromatic heterocycles. The van der Waals surface area contributed by atoms with Crippen LogP contribution in [-0.2, 0) is 9.53 Å². The zero-order valence-electron chi connectivity index (χ0n) is 12.5. The zero-order chi connectivity index (χ0) is 14.4. The van der Waals surface area contributed by atoms with Crippen molar-refractivity contribution in [3.63, 3.8) is 0 Å². The average Bonchev–Trinajstić information content (AvgIpc) is 2.97. The number of likely N-dealkylation sites (tertiary alicyclic amines) is 1. The number of ether oxygens (including phenoxy) is 1. The summed E-state index contributed by atoms with van der Waals surface area (Å²) in [7, 11) is 0. The molecule has 1 atom stereocenters. The van der Waals surface area contributed by atoms with Gasteiger partial charge in [0.15, 0.2) is 0 Å². The monoisotopic (exact) mass is 279 g/mol. The Morgan fingerprint density at radius 1 is 1.50 bits per heavy atom. The number of piperidine rings is 1. The number of aromatic nitrogens is 2. The Balaban J connectivity index is 1.75. The maximum Gasteiger partial charge on any atom is 0.224 e. The van der Waals surface area contributed by atoms with Crippen LogP contribution >= 0.6 is 0 Å². The molecule has 112 valence electrons. The van der Waals surface area contributed by atoms with Gasteiger partial charge in [0.1, 0.15) is 0 Å². The van der Waals surface area contributed by atoms with Crippen molar-refractivity contribution >= 4 is 5.91 Å². The number of amides is 1. The number of carbonyl (C=O) groups is 1. The Labute approximate surface area is 120 Å². The van der Waals surface area contributed by atoms with E-state index in [9.17, 15) is 4.79 Å². The lowest BCUT2D eigenvalue weighted by Gasteiger charge is -2.33. The van der Waals surface area contributed by atoms with Gasteiger partial charge in [0.05, 0.1) is 19.1 Å². The average molecular weight is 279 g/mol. The summed E-state index contributed by atoms with van der Waals surface area (Å²) in [5.41, 5.74) is 0. The van der Waals surface area contributed by atoms with Gasteiger partial charge in [-0.1, -0.05) is 13.8 Å². The predicted octanol–water partition coefficient (Wildman–Crippen LogP) is 2.11. The van der Waals surface area contributed by atoms with Gasteiger partial charge in [-0.25, -0.2) is 0 Å². The van der Waals surface area contributed by atoms with Crippen molar-refractivity contribution in [1.82, 2.24) is 14.7 Å². The first-order valence-corrected chi connectivity index (χ1v) is 7.51. The number of hydrogen-bond acceptors (Lipinski definition) is 3. The molecule has 2 rings (SSSR count). The van der Waals surface area contributed by atoms with Gasteiger partial charge in [-0.05, 0) is 24.8 Å². The highest BCUT2D eigenvalue weighted by atomic mass is 16.5. The fourth-order valence-corrected chi connectivity index (χ4v) is 2.53. The van der Waals surface area contributed by atoms with E-state index in [1.165, 1.54) is 0 Å². The van der Waals surface area contributed by atoms with Crippen LogP contribution in [0.15, 0.2) is 18.5 Å². The third-order valence-electron chi connectivity index (χ3n) is 3.56. The second-order valence-electron chi connectivity index (χ2n) is 5.84. The van der Waals surface area contributed by atoms with Gasteiger partial charge in [0.2, 0.25) is 5.91 Å². The molecule has 0 aromatic carbocycles. The Bertz CT molecular complexity index is 403. The summed E-state index contributed by atoms with van der Waals surface area (Å²) in [5, 5.41) is 4.28. The van der Waals surface area contributed by atoms with Crippen molar-refractivity contribution < 1.29 is 9.53 Å². The fraction of sp³-hybridized carbons (Fsp3) is 0.733. The molecule has 1 aliphatic rings. The molecule has 0 spiro atoms. The normalized spacial score (nSPS) is 19.6. The Kier molecular flexibility index (Phi) is 5.59. The second-order valence-corrected chi connectivity index (χ2v) is 5.84. The van der Waals surface area contributed by atoms with Crippen LogP contribution in [0.3, 0.4) is 0 Å². The minimum absolute atomic E-state index is 0.200. The first kappa shape index (κ1) is 15.0. The van der Waals surface area contributed by atoms with Crippen molar-refractivity contribution in [3.05, 3.63) is 18.5 Å². The van der Waals surface area contributed by atoms with Gasteiger partial charge >= 0.3 is 0 Å². The van der Waals surface area contributed by atoms with Crippen molar-refractivity contribution in [1.29, 1.82) is 0 Å². The molecule has 1 aliphatic heterocycles. The minimum Gasteiger partial charge on any atom is -0.381 e. The van der Waals surface area contributed by atoms with Gasteiger partial charge in [-0.3, -0.25) is 9.48 Å². The molecule has 1 saturated heterocycles. The molecule has 5 heteroatoms. The molecule has 0 radical (unpaired) electrons. The molecule has 0 N–H and O–H groups in total. The molecule has 1 amide bonds. The summed E-state index contributed by atoms with van der Waals surface area (Å²) in [5.74, 6) is 0.717. The van der Waals surface area contributed by atoms with Gasteiger partial charge in [0, 0.05) is 32.1 Å². The Morgan fingerprint density at radius 2 is 2.35 bits per heavy atom.